The molecule has 7 nitrogen and oxygen atoms in total. The normalized spacial score (nSPS) is 12.0. The number of amides is 2. The van der Waals surface area contributed by atoms with Crippen molar-refractivity contribution in [2.24, 2.45) is 5.92 Å². The van der Waals surface area contributed by atoms with Crippen molar-refractivity contribution in [2.75, 3.05) is 6.54 Å². The Kier molecular flexibility index (Phi) is 7.64. The molecule has 8 heteroatoms. The van der Waals surface area contributed by atoms with Gasteiger partial charge < -0.3 is 15.2 Å². The van der Waals surface area contributed by atoms with Crippen LogP contribution in [0.3, 0.4) is 0 Å². The number of likely N-dealkylation sites (N-methyl/N-ethyl adjacent to an activating group) is 1. The van der Waals surface area contributed by atoms with Gasteiger partial charge >= 0.3 is 0 Å². The first-order valence-electron chi connectivity index (χ1n) is 10.6. The van der Waals surface area contributed by atoms with Crippen molar-refractivity contribution in [3.63, 3.8) is 0 Å². The lowest BCUT2D eigenvalue weighted by Gasteiger charge is -2.29. The summed E-state index contributed by atoms with van der Waals surface area (Å²) in [6, 6.07) is 13.6. The third-order valence-electron chi connectivity index (χ3n) is 5.21. The topological polar surface area (TPSA) is 95.2 Å². The van der Waals surface area contributed by atoms with E-state index in [4.69, 9.17) is 11.6 Å². The number of hydrogen-bond acceptors (Lipinski definition) is 4. The number of carbonyl (C=O) groups is 2. The van der Waals surface area contributed by atoms with Gasteiger partial charge in [-0.3, -0.25) is 14.4 Å². The van der Waals surface area contributed by atoms with Crippen LogP contribution in [0.2, 0.25) is 5.02 Å². The molecular formula is C24H27ClN4O3. The summed E-state index contributed by atoms with van der Waals surface area (Å²) in [5.41, 5.74) is 1.06. The van der Waals surface area contributed by atoms with Gasteiger partial charge in [-0.25, -0.2) is 4.98 Å². The maximum absolute atomic E-state index is 13.3. The van der Waals surface area contributed by atoms with Crippen molar-refractivity contribution in [1.82, 2.24) is 20.2 Å². The van der Waals surface area contributed by atoms with Gasteiger partial charge in [-0.15, -0.1) is 0 Å². The van der Waals surface area contributed by atoms with Crippen LogP contribution in [0.5, 0.6) is 0 Å². The molecule has 0 aliphatic rings. The molecule has 1 atom stereocenters. The Bertz CT molecular complexity index is 1160. The Morgan fingerprint density at radius 2 is 1.88 bits per heavy atom. The summed E-state index contributed by atoms with van der Waals surface area (Å²) in [5.74, 6) is -0.194. The largest absolute Gasteiger partial charge is 0.344 e. The second-order valence-electron chi connectivity index (χ2n) is 7.98. The number of rotatable bonds is 8. The maximum Gasteiger partial charge on any atom is 0.258 e. The maximum atomic E-state index is 13.3. The zero-order valence-electron chi connectivity index (χ0n) is 18.4. The van der Waals surface area contributed by atoms with E-state index in [0.717, 1.165) is 5.56 Å². The number of nitrogens with one attached hydrogen (secondary N) is 2. The average Bonchev–Trinajstić information content (AvgIpc) is 2.75. The molecule has 0 bridgehead atoms. The summed E-state index contributed by atoms with van der Waals surface area (Å²) < 4.78 is 0. The van der Waals surface area contributed by atoms with Crippen LogP contribution in [-0.4, -0.2) is 39.3 Å². The van der Waals surface area contributed by atoms with Gasteiger partial charge in [0, 0.05) is 11.6 Å². The summed E-state index contributed by atoms with van der Waals surface area (Å²) in [5, 5.41) is 3.78. The fraction of sp³-hybridized carbons (Fsp3) is 0.333. The van der Waals surface area contributed by atoms with Crippen molar-refractivity contribution < 1.29 is 9.59 Å². The lowest BCUT2D eigenvalue weighted by atomic mass is 10.0. The molecule has 3 aromatic rings. The Balaban J connectivity index is 1.77. The minimum atomic E-state index is -0.687. The lowest BCUT2D eigenvalue weighted by Crippen LogP contribution is -2.51. The van der Waals surface area contributed by atoms with Crippen LogP contribution in [0.15, 0.2) is 53.3 Å². The highest BCUT2D eigenvalue weighted by molar-refractivity contribution is 6.31. The zero-order valence-corrected chi connectivity index (χ0v) is 19.1. The third kappa shape index (κ3) is 5.73. The quantitative estimate of drug-likeness (QED) is 0.545. The number of fused-ring (bicyclic) bond motifs is 1. The minimum Gasteiger partial charge on any atom is -0.344 e. The highest BCUT2D eigenvalue weighted by Crippen LogP contribution is 2.16. The average molecular weight is 455 g/mol. The van der Waals surface area contributed by atoms with Crippen molar-refractivity contribution in [2.45, 2.75) is 39.8 Å². The molecule has 0 aliphatic heterocycles. The molecule has 3 rings (SSSR count). The van der Waals surface area contributed by atoms with E-state index in [1.807, 2.05) is 51.1 Å². The summed E-state index contributed by atoms with van der Waals surface area (Å²) in [4.78, 5) is 47.0. The summed E-state index contributed by atoms with van der Waals surface area (Å²) in [6.07, 6.45) is 0.198. The minimum absolute atomic E-state index is 0.112. The van der Waals surface area contributed by atoms with E-state index in [9.17, 15) is 14.4 Å². The number of aromatic nitrogens is 2. The molecule has 0 saturated heterocycles. The monoisotopic (exact) mass is 454 g/mol. The lowest BCUT2D eigenvalue weighted by molar-refractivity contribution is -0.138. The molecule has 1 heterocycles. The molecule has 2 N–H and O–H groups in total. The van der Waals surface area contributed by atoms with E-state index >= 15 is 0 Å². The fourth-order valence-corrected chi connectivity index (χ4v) is 3.64. The first-order chi connectivity index (χ1) is 15.3. The SMILES string of the molecule is CCN(Cc1nc2cc(Cl)ccc2c(=O)[nH]1)C(=O)[C@@H](NC(=O)Cc1ccccc1)C(C)C. The van der Waals surface area contributed by atoms with E-state index in [2.05, 4.69) is 15.3 Å². The van der Waals surface area contributed by atoms with Gasteiger partial charge in [0.25, 0.3) is 5.56 Å². The Morgan fingerprint density at radius 1 is 1.16 bits per heavy atom. The molecule has 1 aromatic heterocycles. The Morgan fingerprint density at radius 3 is 2.53 bits per heavy atom. The molecule has 0 radical (unpaired) electrons. The third-order valence-corrected chi connectivity index (χ3v) is 5.44. The molecule has 0 aliphatic carbocycles. The summed E-state index contributed by atoms with van der Waals surface area (Å²) in [6.45, 7) is 6.13. The van der Waals surface area contributed by atoms with E-state index in [0.29, 0.717) is 28.3 Å². The van der Waals surface area contributed by atoms with E-state index < -0.39 is 6.04 Å². The van der Waals surface area contributed by atoms with Gasteiger partial charge in [-0.2, -0.15) is 0 Å². The Labute approximate surface area is 191 Å². The molecule has 0 unspecified atom stereocenters. The van der Waals surface area contributed by atoms with E-state index in [1.165, 1.54) is 0 Å². The fourth-order valence-electron chi connectivity index (χ4n) is 3.48. The number of aromatic amines is 1. The first kappa shape index (κ1) is 23.5. The van der Waals surface area contributed by atoms with Crippen LogP contribution in [0, 0.1) is 5.92 Å². The molecule has 0 fully saturated rings. The second kappa shape index (κ2) is 10.4. The van der Waals surface area contributed by atoms with Crippen molar-refractivity contribution in [1.29, 1.82) is 0 Å². The summed E-state index contributed by atoms with van der Waals surface area (Å²) >= 11 is 6.03. The van der Waals surface area contributed by atoms with Crippen molar-refractivity contribution in [3.8, 4) is 0 Å². The standard InChI is InChI=1S/C24H27ClN4O3/c1-4-29(14-20-26-19-13-17(25)10-11-18(19)23(31)27-20)24(32)22(15(2)3)28-21(30)12-16-8-6-5-7-9-16/h5-11,13,15,22H,4,12,14H2,1-3H3,(H,28,30)(H,26,27,31)/t22-/m0/s1. The van der Waals surface area contributed by atoms with Crippen LogP contribution >= 0.6 is 11.6 Å². The van der Waals surface area contributed by atoms with Gasteiger partial charge in [-0.05, 0) is 36.6 Å². The number of carbonyl (C=O) groups excluding carboxylic acids is 2. The molecule has 168 valence electrons. The number of halogens is 1. The van der Waals surface area contributed by atoms with Crippen LogP contribution < -0.4 is 10.9 Å². The van der Waals surface area contributed by atoms with Gasteiger partial charge in [0.05, 0.1) is 23.9 Å². The predicted octanol–water partition coefficient (Wildman–Crippen LogP) is 3.31. The number of nitrogens with zero attached hydrogens (tertiary/aromatic N) is 2. The highest BCUT2D eigenvalue weighted by atomic mass is 35.5. The first-order valence-corrected chi connectivity index (χ1v) is 11.0. The molecule has 2 amide bonds. The second-order valence-corrected chi connectivity index (χ2v) is 8.41. The van der Waals surface area contributed by atoms with Crippen molar-refractivity contribution >= 4 is 34.3 Å². The van der Waals surface area contributed by atoms with Crippen LogP contribution in [0.4, 0.5) is 0 Å². The van der Waals surface area contributed by atoms with Gasteiger partial charge in [-0.1, -0.05) is 55.8 Å². The smallest absolute Gasteiger partial charge is 0.258 e. The molecular weight excluding hydrogens is 428 g/mol. The van der Waals surface area contributed by atoms with Gasteiger partial charge in [0.1, 0.15) is 11.9 Å². The molecule has 0 spiro atoms. The molecule has 32 heavy (non-hydrogen) atoms. The summed E-state index contributed by atoms with van der Waals surface area (Å²) in [7, 11) is 0. The van der Waals surface area contributed by atoms with Crippen LogP contribution in [0.25, 0.3) is 10.9 Å². The molecule has 2 aromatic carbocycles. The van der Waals surface area contributed by atoms with Crippen molar-refractivity contribution in [3.05, 3.63) is 75.3 Å². The van der Waals surface area contributed by atoms with Gasteiger partial charge in [0.15, 0.2) is 0 Å². The molecule has 0 saturated carbocycles. The van der Waals surface area contributed by atoms with Crippen LogP contribution in [0.1, 0.15) is 32.2 Å². The van der Waals surface area contributed by atoms with Crippen LogP contribution in [-0.2, 0) is 22.6 Å². The zero-order chi connectivity index (χ0) is 23.3. The van der Waals surface area contributed by atoms with E-state index in [-0.39, 0.29) is 36.3 Å². The van der Waals surface area contributed by atoms with Gasteiger partial charge in [0.2, 0.25) is 11.8 Å². The number of hydrogen-bond donors (Lipinski definition) is 2. The highest BCUT2D eigenvalue weighted by Gasteiger charge is 2.28. The predicted molar refractivity (Wildman–Crippen MR) is 125 cm³/mol. The number of H-pyrrole nitrogens is 1. The van der Waals surface area contributed by atoms with E-state index in [1.54, 1.807) is 23.1 Å². The number of benzene rings is 2. The Hall–Kier alpha value is -3.19.